The number of ether oxygens (including phenoxy) is 1. The first kappa shape index (κ1) is 18.1. The van der Waals surface area contributed by atoms with Crippen molar-refractivity contribution in [1.82, 2.24) is 4.72 Å². The zero-order chi connectivity index (χ0) is 16.3. The first-order valence-corrected chi connectivity index (χ1v) is 8.75. The lowest BCUT2D eigenvalue weighted by atomic mass is 10.1. The van der Waals surface area contributed by atoms with E-state index in [1.54, 1.807) is 39.0 Å². The molecule has 21 heavy (non-hydrogen) atoms. The largest absolute Gasteiger partial charge is 0.466 e. The predicted octanol–water partition coefficient (Wildman–Crippen LogP) is 2.63. The van der Waals surface area contributed by atoms with Gasteiger partial charge in [0.15, 0.2) is 0 Å². The predicted molar refractivity (Wildman–Crippen MR) is 84.6 cm³/mol. The summed E-state index contributed by atoms with van der Waals surface area (Å²) < 4.78 is 33.1. The van der Waals surface area contributed by atoms with Gasteiger partial charge in [-0.1, -0.05) is 22.0 Å². The van der Waals surface area contributed by atoms with Crippen molar-refractivity contribution in [2.45, 2.75) is 44.6 Å². The number of benzene rings is 1. The molecular formula is C14H20BrNO4S. The zero-order valence-corrected chi connectivity index (χ0v) is 15.0. The Balaban J connectivity index is 3.09. The maximum Gasteiger partial charge on any atom is 0.302 e. The second-order valence-electron chi connectivity index (χ2n) is 5.70. The van der Waals surface area contributed by atoms with E-state index < -0.39 is 15.6 Å². The average molecular weight is 378 g/mol. The minimum Gasteiger partial charge on any atom is -0.466 e. The number of esters is 1. The van der Waals surface area contributed by atoms with E-state index in [4.69, 9.17) is 4.74 Å². The molecule has 7 heteroatoms. The van der Waals surface area contributed by atoms with E-state index in [9.17, 15) is 13.2 Å². The van der Waals surface area contributed by atoms with Crippen molar-refractivity contribution in [1.29, 1.82) is 0 Å². The summed E-state index contributed by atoms with van der Waals surface area (Å²) in [5.41, 5.74) is 0.0325. The number of rotatable bonds is 5. The maximum atomic E-state index is 12.5. The van der Waals surface area contributed by atoms with Crippen LogP contribution in [0.5, 0.6) is 0 Å². The second kappa shape index (κ2) is 6.89. The first-order chi connectivity index (χ1) is 9.51. The lowest BCUT2D eigenvalue weighted by Crippen LogP contribution is -2.40. The number of nitrogens with one attached hydrogen (secondary N) is 1. The Morgan fingerprint density at radius 2 is 1.95 bits per heavy atom. The molecule has 0 aromatic heterocycles. The lowest BCUT2D eigenvalue weighted by Gasteiger charge is -2.21. The Morgan fingerprint density at radius 3 is 2.48 bits per heavy atom. The summed E-state index contributed by atoms with van der Waals surface area (Å²) >= 11 is 3.28. The number of sulfonamides is 1. The van der Waals surface area contributed by atoms with Gasteiger partial charge in [-0.05, 0) is 38.5 Å². The SMILES string of the molecule is CC(=O)OCCc1ccc(Br)cc1S(=O)(=O)NC(C)(C)C. The van der Waals surface area contributed by atoms with Gasteiger partial charge in [0.2, 0.25) is 10.0 Å². The Hall–Kier alpha value is -0.920. The van der Waals surface area contributed by atoms with E-state index in [1.807, 2.05) is 0 Å². The van der Waals surface area contributed by atoms with Crippen LogP contribution in [0.15, 0.2) is 27.6 Å². The lowest BCUT2D eigenvalue weighted by molar-refractivity contribution is -0.140. The highest BCUT2D eigenvalue weighted by Crippen LogP contribution is 2.23. The van der Waals surface area contributed by atoms with Crippen LogP contribution in [-0.4, -0.2) is 26.5 Å². The van der Waals surface area contributed by atoms with Crippen molar-refractivity contribution in [2.75, 3.05) is 6.61 Å². The van der Waals surface area contributed by atoms with E-state index in [-0.39, 0.29) is 17.5 Å². The highest BCUT2D eigenvalue weighted by atomic mass is 79.9. The number of hydrogen-bond donors (Lipinski definition) is 1. The van der Waals surface area contributed by atoms with Gasteiger partial charge in [0.1, 0.15) is 0 Å². The molecule has 0 fully saturated rings. The van der Waals surface area contributed by atoms with Crippen molar-refractivity contribution >= 4 is 31.9 Å². The van der Waals surface area contributed by atoms with Crippen LogP contribution in [0.1, 0.15) is 33.3 Å². The Labute approximate surface area is 134 Å². The minimum absolute atomic E-state index is 0.148. The number of carbonyl (C=O) groups excluding carboxylic acids is 1. The molecule has 118 valence electrons. The summed E-state index contributed by atoms with van der Waals surface area (Å²) in [5, 5.41) is 0. The fourth-order valence-corrected chi connectivity index (χ4v) is 3.97. The quantitative estimate of drug-likeness (QED) is 0.800. The first-order valence-electron chi connectivity index (χ1n) is 6.47. The normalized spacial score (nSPS) is 12.2. The number of carbonyl (C=O) groups is 1. The molecule has 0 bridgehead atoms. The molecule has 0 radical (unpaired) electrons. The monoisotopic (exact) mass is 377 g/mol. The van der Waals surface area contributed by atoms with Gasteiger partial charge in [-0.25, -0.2) is 13.1 Å². The van der Waals surface area contributed by atoms with Crippen molar-refractivity contribution in [3.8, 4) is 0 Å². The zero-order valence-electron chi connectivity index (χ0n) is 12.6. The molecule has 0 aliphatic carbocycles. The van der Waals surface area contributed by atoms with Crippen LogP contribution in [0, 0.1) is 0 Å². The van der Waals surface area contributed by atoms with E-state index in [1.165, 1.54) is 6.92 Å². The van der Waals surface area contributed by atoms with Gasteiger partial charge in [0.25, 0.3) is 0 Å². The smallest absolute Gasteiger partial charge is 0.302 e. The van der Waals surface area contributed by atoms with Crippen LogP contribution in [-0.2, 0) is 26.0 Å². The molecule has 0 aliphatic rings. The van der Waals surface area contributed by atoms with E-state index in [0.717, 1.165) is 0 Å². The Kier molecular flexibility index (Phi) is 5.95. The van der Waals surface area contributed by atoms with Crippen LogP contribution in [0.2, 0.25) is 0 Å². The molecule has 0 heterocycles. The Bertz CT molecular complexity index is 620. The molecule has 1 aromatic carbocycles. The van der Waals surface area contributed by atoms with Crippen molar-refractivity contribution in [2.24, 2.45) is 0 Å². The van der Waals surface area contributed by atoms with E-state index >= 15 is 0 Å². The van der Waals surface area contributed by atoms with Gasteiger partial charge in [0, 0.05) is 23.4 Å². The molecule has 0 unspecified atom stereocenters. The van der Waals surface area contributed by atoms with Crippen LogP contribution in [0.25, 0.3) is 0 Å². The molecule has 1 N–H and O–H groups in total. The molecule has 0 atom stereocenters. The summed E-state index contributed by atoms with van der Waals surface area (Å²) in [6.07, 6.45) is 0.341. The molecule has 1 rings (SSSR count). The van der Waals surface area contributed by atoms with Gasteiger partial charge in [-0.3, -0.25) is 4.79 Å². The average Bonchev–Trinajstić information content (AvgIpc) is 2.27. The highest BCUT2D eigenvalue weighted by molar-refractivity contribution is 9.10. The van der Waals surface area contributed by atoms with Gasteiger partial charge < -0.3 is 4.74 Å². The highest BCUT2D eigenvalue weighted by Gasteiger charge is 2.24. The molecule has 5 nitrogen and oxygen atoms in total. The van der Waals surface area contributed by atoms with Crippen LogP contribution in [0.3, 0.4) is 0 Å². The topological polar surface area (TPSA) is 72.5 Å². The third-order valence-electron chi connectivity index (χ3n) is 2.44. The molecule has 1 aromatic rings. The molecule has 0 spiro atoms. The van der Waals surface area contributed by atoms with Crippen LogP contribution in [0.4, 0.5) is 0 Å². The minimum atomic E-state index is -3.64. The fourth-order valence-electron chi connectivity index (χ4n) is 1.75. The Morgan fingerprint density at radius 1 is 1.33 bits per heavy atom. The molecule has 0 saturated carbocycles. The van der Waals surface area contributed by atoms with Crippen molar-refractivity contribution < 1.29 is 17.9 Å². The maximum absolute atomic E-state index is 12.5. The van der Waals surface area contributed by atoms with E-state index in [2.05, 4.69) is 20.7 Å². The standard InChI is InChI=1S/C14H20BrNO4S/c1-10(17)20-8-7-11-5-6-12(15)9-13(11)21(18,19)16-14(2,3)4/h5-6,9,16H,7-8H2,1-4H3. The van der Waals surface area contributed by atoms with E-state index in [0.29, 0.717) is 16.5 Å². The van der Waals surface area contributed by atoms with Gasteiger partial charge in [-0.15, -0.1) is 0 Å². The summed E-state index contributed by atoms with van der Waals surface area (Å²) in [6, 6.07) is 5.03. The third kappa shape index (κ3) is 6.15. The molecule has 0 amide bonds. The summed E-state index contributed by atoms with van der Waals surface area (Å²) in [6.45, 7) is 6.80. The fraction of sp³-hybridized carbons (Fsp3) is 0.500. The van der Waals surface area contributed by atoms with Crippen LogP contribution >= 0.6 is 15.9 Å². The number of halogens is 1. The third-order valence-corrected chi connectivity index (χ3v) is 4.77. The molecule has 0 saturated heterocycles. The molecule has 0 aliphatic heterocycles. The number of hydrogen-bond acceptors (Lipinski definition) is 4. The second-order valence-corrected chi connectivity index (χ2v) is 8.26. The van der Waals surface area contributed by atoms with Gasteiger partial charge in [-0.2, -0.15) is 0 Å². The summed E-state index contributed by atoms with van der Waals surface area (Å²) in [5.74, 6) is -0.385. The van der Waals surface area contributed by atoms with Gasteiger partial charge in [0.05, 0.1) is 11.5 Å². The van der Waals surface area contributed by atoms with Gasteiger partial charge >= 0.3 is 5.97 Å². The molecular weight excluding hydrogens is 358 g/mol. The summed E-state index contributed by atoms with van der Waals surface area (Å²) in [7, 11) is -3.64. The van der Waals surface area contributed by atoms with Crippen molar-refractivity contribution in [3.63, 3.8) is 0 Å². The summed E-state index contributed by atoms with van der Waals surface area (Å²) in [4.78, 5) is 11.0. The van der Waals surface area contributed by atoms with Crippen LogP contribution < -0.4 is 4.72 Å². The van der Waals surface area contributed by atoms with Crippen molar-refractivity contribution in [3.05, 3.63) is 28.2 Å².